The molecule has 1 aliphatic heterocycles. The van der Waals surface area contributed by atoms with Crippen molar-refractivity contribution in [3.05, 3.63) is 0 Å². The van der Waals surface area contributed by atoms with Crippen LogP contribution < -0.4 is 0 Å². The van der Waals surface area contributed by atoms with Gasteiger partial charge in [-0.3, -0.25) is 4.67 Å². The second-order valence-electron chi connectivity index (χ2n) is 7.94. The zero-order chi connectivity index (χ0) is 19.7. The monoisotopic (exact) mass is 401 g/mol. The molecular weight excluding hydrogens is 356 g/mol. The minimum absolute atomic E-state index is 0. The fourth-order valence-electron chi connectivity index (χ4n) is 3.55. The molecule has 1 fully saturated rings. The van der Waals surface area contributed by atoms with Gasteiger partial charge in [-0.05, 0) is 47.0 Å². The first-order valence-electron chi connectivity index (χ1n) is 10.5. The first kappa shape index (κ1) is 27.3. The van der Waals surface area contributed by atoms with E-state index < -0.39 is 8.30 Å². The standard InChI is InChI=1S/C20H41BNO3P.CH4/c1-8-10-12-23-13-11-14-26(22(15(3)4)16(5)6)25-19-17(7)20(21)24-18(19)9-2;/h15-20H,8-14H2,1-7H3;1H4. The molecule has 160 valence electrons. The van der Waals surface area contributed by atoms with Crippen molar-refractivity contribution < 1.29 is 14.0 Å². The van der Waals surface area contributed by atoms with Crippen molar-refractivity contribution in [2.24, 2.45) is 5.92 Å². The van der Waals surface area contributed by atoms with Gasteiger partial charge in [0.1, 0.15) is 16.1 Å². The Hall–Kier alpha value is 0.335. The average Bonchev–Trinajstić information content (AvgIpc) is 2.84. The van der Waals surface area contributed by atoms with Gasteiger partial charge in [0.2, 0.25) is 0 Å². The Bertz CT molecular complexity index is 365. The van der Waals surface area contributed by atoms with Crippen molar-refractivity contribution in [1.29, 1.82) is 0 Å². The molecular formula is C21H45BNO3P. The Labute approximate surface area is 172 Å². The van der Waals surface area contributed by atoms with E-state index in [0.717, 1.165) is 38.6 Å². The summed E-state index contributed by atoms with van der Waals surface area (Å²) >= 11 is 0. The van der Waals surface area contributed by atoms with Gasteiger partial charge in [-0.15, -0.1) is 0 Å². The van der Waals surface area contributed by atoms with Crippen LogP contribution in [0.3, 0.4) is 0 Å². The molecule has 2 radical (unpaired) electrons. The topological polar surface area (TPSA) is 30.9 Å². The van der Waals surface area contributed by atoms with Crippen molar-refractivity contribution in [3.63, 3.8) is 0 Å². The van der Waals surface area contributed by atoms with Gasteiger partial charge in [-0.25, -0.2) is 0 Å². The highest BCUT2D eigenvalue weighted by molar-refractivity contribution is 7.50. The fourth-order valence-corrected chi connectivity index (χ4v) is 6.03. The molecule has 0 bridgehead atoms. The summed E-state index contributed by atoms with van der Waals surface area (Å²) < 4.78 is 21.0. The number of unbranched alkanes of at least 4 members (excludes halogenated alkanes) is 1. The van der Waals surface area contributed by atoms with Gasteiger partial charge in [0.05, 0.1) is 12.2 Å². The highest BCUT2D eigenvalue weighted by Gasteiger charge is 2.41. The summed E-state index contributed by atoms with van der Waals surface area (Å²) in [6.07, 6.45) is 5.53. The summed E-state index contributed by atoms with van der Waals surface area (Å²) in [7, 11) is 5.45. The van der Waals surface area contributed by atoms with Crippen LogP contribution in [0.4, 0.5) is 0 Å². The van der Waals surface area contributed by atoms with Gasteiger partial charge in [0.15, 0.2) is 0 Å². The average molecular weight is 401 g/mol. The molecule has 5 unspecified atom stereocenters. The summed E-state index contributed by atoms with van der Waals surface area (Å²) in [5.74, 6) is 0.229. The van der Waals surface area contributed by atoms with Gasteiger partial charge in [-0.2, -0.15) is 0 Å². The smallest absolute Gasteiger partial charge is 0.109 e. The third kappa shape index (κ3) is 8.70. The van der Waals surface area contributed by atoms with Crippen LogP contribution in [0.1, 0.15) is 81.6 Å². The first-order valence-corrected chi connectivity index (χ1v) is 11.9. The summed E-state index contributed by atoms with van der Waals surface area (Å²) in [5, 5.41) is 0. The molecule has 27 heavy (non-hydrogen) atoms. The molecule has 1 rings (SSSR count). The summed E-state index contributed by atoms with van der Waals surface area (Å²) in [6, 6.07) is 0.688. The van der Waals surface area contributed by atoms with Crippen molar-refractivity contribution in [2.75, 3.05) is 19.4 Å². The van der Waals surface area contributed by atoms with E-state index in [-0.39, 0.29) is 31.6 Å². The number of hydrogen-bond acceptors (Lipinski definition) is 4. The molecule has 0 aromatic rings. The van der Waals surface area contributed by atoms with Gasteiger partial charge in [0.25, 0.3) is 0 Å². The Morgan fingerprint density at radius 1 is 1.07 bits per heavy atom. The Kier molecular flexibility index (Phi) is 14.5. The number of nitrogens with zero attached hydrogens (tertiary/aromatic N) is 1. The molecule has 1 aliphatic rings. The molecule has 1 heterocycles. The predicted octanol–water partition coefficient (Wildman–Crippen LogP) is 5.58. The molecule has 0 aliphatic carbocycles. The zero-order valence-electron chi connectivity index (χ0n) is 18.1. The van der Waals surface area contributed by atoms with Crippen molar-refractivity contribution >= 4 is 16.1 Å². The molecule has 1 saturated heterocycles. The Balaban J connectivity index is 0.00000676. The van der Waals surface area contributed by atoms with Crippen molar-refractivity contribution in [1.82, 2.24) is 4.67 Å². The van der Waals surface area contributed by atoms with Gasteiger partial charge in [0, 0.05) is 43.4 Å². The van der Waals surface area contributed by atoms with Crippen LogP contribution in [0.25, 0.3) is 0 Å². The van der Waals surface area contributed by atoms with Gasteiger partial charge < -0.3 is 14.0 Å². The van der Waals surface area contributed by atoms with Crippen molar-refractivity contribution in [2.45, 2.75) is 112 Å². The lowest BCUT2D eigenvalue weighted by Gasteiger charge is -2.39. The summed E-state index contributed by atoms with van der Waals surface area (Å²) in [5.41, 5.74) is 0. The predicted molar refractivity (Wildman–Crippen MR) is 120 cm³/mol. The molecule has 0 aromatic heterocycles. The van der Waals surface area contributed by atoms with Gasteiger partial charge in [-0.1, -0.05) is 34.6 Å². The largest absolute Gasteiger partial charge is 0.382 e. The molecule has 0 amide bonds. The van der Waals surface area contributed by atoms with E-state index in [1.54, 1.807) is 0 Å². The highest BCUT2D eigenvalue weighted by Crippen LogP contribution is 2.49. The Morgan fingerprint density at radius 3 is 2.19 bits per heavy atom. The normalized spacial score (nSPS) is 26.7. The first-order chi connectivity index (χ1) is 12.3. The minimum atomic E-state index is -0.699. The summed E-state index contributed by atoms with van der Waals surface area (Å²) in [4.78, 5) is 0. The fraction of sp³-hybridized carbons (Fsp3) is 1.00. The summed E-state index contributed by atoms with van der Waals surface area (Å²) in [6.45, 7) is 17.2. The molecule has 0 N–H and O–H groups in total. The van der Waals surface area contributed by atoms with Crippen LogP contribution in [-0.4, -0.2) is 62.2 Å². The maximum atomic E-state index is 6.74. The highest BCUT2D eigenvalue weighted by atomic mass is 31.2. The van der Waals surface area contributed by atoms with E-state index in [1.165, 1.54) is 6.42 Å². The molecule has 0 spiro atoms. The lowest BCUT2D eigenvalue weighted by atomic mass is 9.86. The van der Waals surface area contributed by atoms with Crippen LogP contribution in [-0.2, 0) is 14.0 Å². The number of rotatable bonds is 13. The maximum Gasteiger partial charge on any atom is 0.109 e. The van der Waals surface area contributed by atoms with Crippen LogP contribution >= 0.6 is 8.30 Å². The van der Waals surface area contributed by atoms with Crippen LogP contribution in [0.2, 0.25) is 0 Å². The van der Waals surface area contributed by atoms with Crippen LogP contribution in [0.15, 0.2) is 0 Å². The molecule has 0 aromatic carbocycles. The SMILES string of the molecule is C.[B]C1OC(CC)C(OP(CCCOCCCC)N(C(C)C)C(C)C)C1C. The number of hydrogen-bond donors (Lipinski definition) is 0. The van der Waals surface area contributed by atoms with E-state index in [9.17, 15) is 0 Å². The second kappa shape index (κ2) is 14.3. The maximum absolute atomic E-state index is 6.74. The van der Waals surface area contributed by atoms with E-state index in [0.29, 0.717) is 12.1 Å². The third-order valence-corrected chi connectivity index (χ3v) is 7.60. The zero-order valence-corrected chi connectivity index (χ0v) is 19.0. The molecule has 4 nitrogen and oxygen atoms in total. The second-order valence-corrected chi connectivity index (χ2v) is 9.76. The van der Waals surface area contributed by atoms with E-state index >= 15 is 0 Å². The van der Waals surface area contributed by atoms with Gasteiger partial charge >= 0.3 is 0 Å². The van der Waals surface area contributed by atoms with E-state index in [1.807, 2.05) is 0 Å². The third-order valence-electron chi connectivity index (χ3n) is 4.98. The van der Waals surface area contributed by atoms with E-state index in [4.69, 9.17) is 21.8 Å². The van der Waals surface area contributed by atoms with E-state index in [2.05, 4.69) is 53.1 Å². The van der Waals surface area contributed by atoms with Crippen LogP contribution in [0, 0.1) is 5.92 Å². The van der Waals surface area contributed by atoms with Crippen molar-refractivity contribution in [3.8, 4) is 0 Å². The Morgan fingerprint density at radius 2 is 1.67 bits per heavy atom. The molecule has 6 heteroatoms. The lowest BCUT2D eigenvalue weighted by Crippen LogP contribution is -2.37. The quantitative estimate of drug-likeness (QED) is 0.229. The molecule has 0 saturated carbocycles. The minimum Gasteiger partial charge on any atom is -0.382 e. The number of ether oxygens (including phenoxy) is 2. The lowest BCUT2D eigenvalue weighted by molar-refractivity contribution is 0.0397. The van der Waals surface area contributed by atoms with Crippen LogP contribution in [0.5, 0.6) is 0 Å². The molecule has 5 atom stereocenters.